The molecule has 0 unspecified atom stereocenters. The zero-order valence-corrected chi connectivity index (χ0v) is 8.83. The fraction of sp³-hybridized carbons (Fsp3) is 0.125. The third-order valence-corrected chi connectivity index (χ3v) is 0.653. The molecule has 0 aromatic rings. The Morgan fingerprint density at radius 2 is 1.80 bits per heavy atom. The standard InChI is InChI=1S/C5H4F.3CH3.Pt/c6-5-3-1-2-4-5;;;;/h1,3H,2H2;3*1H3;/q4*-1;+4. The smallest absolute Gasteiger partial charge is 0.358 e. The summed E-state index contributed by atoms with van der Waals surface area (Å²) in [7, 11) is 0. The SMILES string of the molecule is FC1=[C-]CC=C1.[CH3-].[CH3-].[CH3-].[Pt+4]. The van der Waals surface area contributed by atoms with Crippen molar-refractivity contribution in [2.24, 2.45) is 0 Å². The molecule has 2 heteroatoms. The summed E-state index contributed by atoms with van der Waals surface area (Å²) in [4.78, 5) is 0. The van der Waals surface area contributed by atoms with Crippen LogP contribution in [0.2, 0.25) is 0 Å². The number of hydrogen-bond donors (Lipinski definition) is 0. The molecule has 0 atom stereocenters. The number of allylic oxidation sites excluding steroid dienone is 4. The number of hydrogen-bond acceptors (Lipinski definition) is 0. The van der Waals surface area contributed by atoms with Crippen molar-refractivity contribution >= 4 is 0 Å². The largest absolute Gasteiger partial charge is 4.00 e. The van der Waals surface area contributed by atoms with Gasteiger partial charge in [0.25, 0.3) is 0 Å². The van der Waals surface area contributed by atoms with E-state index in [0.717, 1.165) is 0 Å². The van der Waals surface area contributed by atoms with Crippen molar-refractivity contribution in [3.63, 3.8) is 0 Å². The van der Waals surface area contributed by atoms with Crippen LogP contribution in [-0.2, 0) is 21.1 Å². The predicted octanol–water partition coefficient (Wildman–Crippen LogP) is 2.95. The van der Waals surface area contributed by atoms with E-state index < -0.39 is 0 Å². The third-order valence-electron chi connectivity index (χ3n) is 0.653. The van der Waals surface area contributed by atoms with Crippen molar-refractivity contribution in [3.8, 4) is 0 Å². The van der Waals surface area contributed by atoms with Gasteiger partial charge in [0, 0.05) is 0 Å². The Bertz CT molecular complexity index is 103. The van der Waals surface area contributed by atoms with Crippen molar-refractivity contribution in [3.05, 3.63) is 46.3 Å². The summed E-state index contributed by atoms with van der Waals surface area (Å²) in [5.41, 5.74) is 0. The summed E-state index contributed by atoms with van der Waals surface area (Å²) in [5, 5.41) is 0. The molecule has 0 saturated heterocycles. The maximum absolute atomic E-state index is 11.6. The van der Waals surface area contributed by atoms with Crippen LogP contribution in [0, 0.1) is 28.4 Å². The molecule has 0 N–H and O–H groups in total. The molecule has 0 bridgehead atoms. The van der Waals surface area contributed by atoms with E-state index in [1.807, 2.05) is 0 Å². The minimum atomic E-state index is -0.227. The molecule has 0 amide bonds. The second kappa shape index (κ2) is 11.8. The molecule has 62 valence electrons. The second-order valence-corrected chi connectivity index (χ2v) is 1.13. The number of halogens is 1. The molecule has 10 heavy (non-hydrogen) atoms. The van der Waals surface area contributed by atoms with E-state index in [1.54, 1.807) is 6.08 Å². The molecule has 0 radical (unpaired) electrons. The second-order valence-electron chi connectivity index (χ2n) is 1.13. The maximum Gasteiger partial charge on any atom is 4.00 e. The van der Waals surface area contributed by atoms with Crippen LogP contribution in [0.25, 0.3) is 0 Å². The minimum Gasteiger partial charge on any atom is -0.358 e. The normalized spacial score (nSPS) is 11.1. The van der Waals surface area contributed by atoms with Crippen molar-refractivity contribution < 1.29 is 25.5 Å². The van der Waals surface area contributed by atoms with Gasteiger partial charge in [-0.2, -0.15) is 12.2 Å². The summed E-state index contributed by atoms with van der Waals surface area (Å²) in [6.07, 6.45) is 6.25. The Labute approximate surface area is 78.5 Å². The summed E-state index contributed by atoms with van der Waals surface area (Å²) in [6.45, 7) is 0. The molecule has 0 spiro atoms. The van der Waals surface area contributed by atoms with Gasteiger partial charge in [-0.15, -0.1) is 6.42 Å². The average molecular weight is 323 g/mol. The summed E-state index contributed by atoms with van der Waals surface area (Å²) in [6, 6.07) is 0. The van der Waals surface area contributed by atoms with Crippen molar-refractivity contribution in [2.75, 3.05) is 0 Å². The summed E-state index contributed by atoms with van der Waals surface area (Å²) in [5.74, 6) is -0.227. The van der Waals surface area contributed by atoms with E-state index in [0.29, 0.717) is 6.42 Å². The van der Waals surface area contributed by atoms with E-state index in [2.05, 4.69) is 6.08 Å². The Balaban J connectivity index is -0.0000000450. The molecule has 0 nitrogen and oxygen atoms in total. The van der Waals surface area contributed by atoms with E-state index in [9.17, 15) is 4.39 Å². The topological polar surface area (TPSA) is 0 Å². The first-order valence-electron chi connectivity index (χ1n) is 1.82. The molecule has 0 saturated carbocycles. The molecule has 0 aromatic carbocycles. The van der Waals surface area contributed by atoms with Crippen LogP contribution in [0.5, 0.6) is 0 Å². The van der Waals surface area contributed by atoms with Gasteiger partial charge in [0.2, 0.25) is 0 Å². The van der Waals surface area contributed by atoms with Gasteiger partial charge in [-0.05, 0) is 5.83 Å². The molecule has 1 aliphatic carbocycles. The van der Waals surface area contributed by atoms with Crippen LogP contribution in [0.3, 0.4) is 0 Å². The van der Waals surface area contributed by atoms with Gasteiger partial charge in [0.1, 0.15) is 0 Å². The Hall–Kier alpha value is 0.0983. The quantitative estimate of drug-likeness (QED) is 0.601. The molecular weight excluding hydrogens is 310 g/mol. The van der Waals surface area contributed by atoms with Gasteiger partial charge in [0.15, 0.2) is 0 Å². The van der Waals surface area contributed by atoms with Crippen LogP contribution >= 0.6 is 0 Å². The monoisotopic (exact) mass is 323 g/mol. The van der Waals surface area contributed by atoms with Gasteiger partial charge in [-0.1, -0.05) is 0 Å². The Kier molecular flexibility index (Phi) is 26.6. The van der Waals surface area contributed by atoms with Crippen LogP contribution in [-0.4, -0.2) is 0 Å². The van der Waals surface area contributed by atoms with Gasteiger partial charge < -0.3 is 22.3 Å². The van der Waals surface area contributed by atoms with E-state index in [4.69, 9.17) is 0 Å². The first-order chi connectivity index (χ1) is 2.89. The van der Waals surface area contributed by atoms with Gasteiger partial charge in [0.05, 0.1) is 0 Å². The van der Waals surface area contributed by atoms with Gasteiger partial charge in [-0.3, -0.25) is 0 Å². The number of rotatable bonds is 0. The first kappa shape index (κ1) is 22.5. The Morgan fingerprint density at radius 3 is 1.90 bits per heavy atom. The van der Waals surface area contributed by atoms with Crippen LogP contribution in [0.4, 0.5) is 4.39 Å². The molecule has 1 aliphatic rings. The van der Waals surface area contributed by atoms with Crippen molar-refractivity contribution in [1.29, 1.82) is 0 Å². The molecular formula is C8H13FPt. The van der Waals surface area contributed by atoms with Crippen molar-refractivity contribution in [2.45, 2.75) is 6.42 Å². The minimum absolute atomic E-state index is 0. The van der Waals surface area contributed by atoms with E-state index in [1.165, 1.54) is 6.08 Å². The molecule has 0 aromatic heterocycles. The van der Waals surface area contributed by atoms with Crippen LogP contribution in [0.15, 0.2) is 18.0 Å². The molecule has 0 heterocycles. The van der Waals surface area contributed by atoms with E-state index >= 15 is 0 Å². The third kappa shape index (κ3) is 8.10. The van der Waals surface area contributed by atoms with E-state index in [-0.39, 0.29) is 49.2 Å². The average Bonchev–Trinajstić information content (AvgIpc) is 1.86. The van der Waals surface area contributed by atoms with Crippen molar-refractivity contribution in [1.82, 2.24) is 0 Å². The Morgan fingerprint density at radius 1 is 1.30 bits per heavy atom. The predicted molar refractivity (Wildman–Crippen MR) is 40.9 cm³/mol. The maximum atomic E-state index is 11.6. The van der Waals surface area contributed by atoms with Crippen LogP contribution in [0.1, 0.15) is 6.42 Å². The fourth-order valence-electron chi connectivity index (χ4n) is 0.378. The summed E-state index contributed by atoms with van der Waals surface area (Å²) >= 11 is 0. The first-order valence-corrected chi connectivity index (χ1v) is 1.82. The summed E-state index contributed by atoms with van der Waals surface area (Å²) < 4.78 is 11.6. The van der Waals surface area contributed by atoms with Gasteiger partial charge >= 0.3 is 21.1 Å². The van der Waals surface area contributed by atoms with Gasteiger partial charge in [-0.25, -0.2) is 10.5 Å². The zero-order chi connectivity index (χ0) is 4.41. The fourth-order valence-corrected chi connectivity index (χ4v) is 0.378. The molecule has 1 rings (SSSR count). The van der Waals surface area contributed by atoms with Crippen LogP contribution < -0.4 is 0 Å². The zero-order valence-electron chi connectivity index (χ0n) is 6.56. The molecule has 0 aliphatic heterocycles. The molecule has 0 fully saturated rings.